The van der Waals surface area contributed by atoms with Crippen LogP contribution in [0.15, 0.2) is 65.6 Å². The number of amides is 1. The van der Waals surface area contributed by atoms with Gasteiger partial charge in [-0.15, -0.1) is 0 Å². The SMILES string of the molecule is O=C(NCCc1ccccc1)[C@@H]1CCN1S(=O)(=O)c1ccccc1. The predicted octanol–water partition coefficient (Wildman–Crippen LogP) is 1.81. The van der Waals surface area contributed by atoms with Crippen LogP contribution in [0.5, 0.6) is 0 Å². The van der Waals surface area contributed by atoms with E-state index in [9.17, 15) is 13.2 Å². The molecule has 1 heterocycles. The van der Waals surface area contributed by atoms with Gasteiger partial charge < -0.3 is 5.32 Å². The minimum absolute atomic E-state index is 0.225. The summed E-state index contributed by atoms with van der Waals surface area (Å²) in [6.07, 6.45) is 1.29. The number of hydrogen-bond acceptors (Lipinski definition) is 3. The van der Waals surface area contributed by atoms with Gasteiger partial charge in [-0.3, -0.25) is 4.79 Å². The summed E-state index contributed by atoms with van der Waals surface area (Å²) in [7, 11) is -3.60. The van der Waals surface area contributed by atoms with Gasteiger partial charge in [-0.05, 0) is 30.5 Å². The Kier molecular flexibility index (Phi) is 4.97. The quantitative estimate of drug-likeness (QED) is 0.869. The minimum Gasteiger partial charge on any atom is -0.354 e. The van der Waals surface area contributed by atoms with Crippen molar-refractivity contribution in [3.05, 3.63) is 66.2 Å². The number of hydrogen-bond donors (Lipinski definition) is 1. The van der Waals surface area contributed by atoms with Crippen LogP contribution in [0.4, 0.5) is 0 Å². The van der Waals surface area contributed by atoms with E-state index in [4.69, 9.17) is 0 Å². The van der Waals surface area contributed by atoms with Crippen molar-refractivity contribution in [1.82, 2.24) is 9.62 Å². The second-order valence-electron chi connectivity index (χ2n) is 5.76. The summed E-state index contributed by atoms with van der Waals surface area (Å²) in [5.74, 6) is -0.225. The molecule has 1 saturated heterocycles. The summed E-state index contributed by atoms with van der Waals surface area (Å²) in [5.41, 5.74) is 1.14. The average molecular weight is 344 g/mol. The maximum Gasteiger partial charge on any atom is 0.243 e. The normalized spacial score (nSPS) is 17.9. The van der Waals surface area contributed by atoms with E-state index >= 15 is 0 Å². The van der Waals surface area contributed by atoms with Crippen molar-refractivity contribution in [2.45, 2.75) is 23.8 Å². The van der Waals surface area contributed by atoms with Gasteiger partial charge in [0, 0.05) is 13.1 Å². The highest BCUT2D eigenvalue weighted by Crippen LogP contribution is 2.26. The van der Waals surface area contributed by atoms with E-state index in [0.29, 0.717) is 19.5 Å². The average Bonchev–Trinajstić information content (AvgIpc) is 2.55. The summed E-state index contributed by atoms with van der Waals surface area (Å²) >= 11 is 0. The Balaban J connectivity index is 1.58. The van der Waals surface area contributed by atoms with Gasteiger partial charge in [-0.1, -0.05) is 48.5 Å². The number of carbonyl (C=O) groups is 1. The number of benzene rings is 2. The van der Waals surface area contributed by atoms with Gasteiger partial charge in [0.25, 0.3) is 0 Å². The zero-order valence-electron chi connectivity index (χ0n) is 13.3. The van der Waals surface area contributed by atoms with Crippen molar-refractivity contribution in [2.75, 3.05) is 13.1 Å². The van der Waals surface area contributed by atoms with Crippen LogP contribution in [0.3, 0.4) is 0 Å². The molecule has 5 nitrogen and oxygen atoms in total. The monoisotopic (exact) mass is 344 g/mol. The molecule has 24 heavy (non-hydrogen) atoms. The second kappa shape index (κ2) is 7.15. The van der Waals surface area contributed by atoms with Crippen molar-refractivity contribution >= 4 is 15.9 Å². The summed E-state index contributed by atoms with van der Waals surface area (Å²) in [4.78, 5) is 12.5. The van der Waals surface area contributed by atoms with Crippen LogP contribution in [0, 0.1) is 0 Å². The molecule has 1 aliphatic rings. The van der Waals surface area contributed by atoms with Gasteiger partial charge in [-0.25, -0.2) is 8.42 Å². The summed E-state index contributed by atoms with van der Waals surface area (Å²) in [6, 6.07) is 17.5. The van der Waals surface area contributed by atoms with E-state index in [2.05, 4.69) is 5.32 Å². The van der Waals surface area contributed by atoms with Crippen LogP contribution in [-0.4, -0.2) is 37.8 Å². The largest absolute Gasteiger partial charge is 0.354 e. The topological polar surface area (TPSA) is 66.5 Å². The first-order valence-corrected chi connectivity index (χ1v) is 9.41. The smallest absolute Gasteiger partial charge is 0.243 e. The highest BCUT2D eigenvalue weighted by molar-refractivity contribution is 7.89. The Labute approximate surface area is 142 Å². The van der Waals surface area contributed by atoms with Crippen LogP contribution in [0.1, 0.15) is 12.0 Å². The van der Waals surface area contributed by atoms with Crippen LogP contribution in [-0.2, 0) is 21.2 Å². The van der Waals surface area contributed by atoms with Gasteiger partial charge in [0.1, 0.15) is 6.04 Å². The Hall–Kier alpha value is -2.18. The Morgan fingerprint density at radius 2 is 1.67 bits per heavy atom. The van der Waals surface area contributed by atoms with Gasteiger partial charge in [0.05, 0.1) is 4.90 Å². The van der Waals surface area contributed by atoms with Crippen LogP contribution in [0.2, 0.25) is 0 Å². The van der Waals surface area contributed by atoms with Crippen molar-refractivity contribution in [3.63, 3.8) is 0 Å². The van der Waals surface area contributed by atoms with E-state index in [0.717, 1.165) is 12.0 Å². The maximum absolute atomic E-state index is 12.6. The number of nitrogens with one attached hydrogen (secondary N) is 1. The molecule has 3 rings (SSSR count). The van der Waals surface area contributed by atoms with Crippen LogP contribution < -0.4 is 5.32 Å². The molecule has 0 aromatic heterocycles. The molecule has 126 valence electrons. The standard InChI is InChI=1S/C18H20N2O3S/c21-18(19-13-11-15-7-3-1-4-8-15)17-12-14-20(17)24(22,23)16-9-5-2-6-10-16/h1-10,17H,11-14H2,(H,19,21)/t17-/m0/s1. The second-order valence-corrected chi connectivity index (χ2v) is 7.65. The molecule has 1 aliphatic heterocycles. The Morgan fingerprint density at radius 3 is 2.25 bits per heavy atom. The van der Waals surface area contributed by atoms with E-state index in [1.165, 1.54) is 4.31 Å². The molecule has 1 N–H and O–H groups in total. The van der Waals surface area contributed by atoms with Crippen molar-refractivity contribution in [1.29, 1.82) is 0 Å². The van der Waals surface area contributed by atoms with E-state index in [1.54, 1.807) is 30.3 Å². The number of carbonyl (C=O) groups excluding carboxylic acids is 1. The highest BCUT2D eigenvalue weighted by Gasteiger charge is 2.42. The van der Waals surface area contributed by atoms with E-state index in [-0.39, 0.29) is 10.8 Å². The first-order chi connectivity index (χ1) is 11.6. The highest BCUT2D eigenvalue weighted by atomic mass is 32.2. The third-order valence-electron chi connectivity index (χ3n) is 4.18. The molecular formula is C18H20N2O3S. The summed E-state index contributed by atoms with van der Waals surface area (Å²) in [6.45, 7) is 0.882. The lowest BCUT2D eigenvalue weighted by Crippen LogP contribution is -2.58. The van der Waals surface area contributed by atoms with E-state index in [1.807, 2.05) is 30.3 Å². The molecule has 6 heteroatoms. The fourth-order valence-electron chi connectivity index (χ4n) is 2.73. The van der Waals surface area contributed by atoms with Crippen LogP contribution in [0.25, 0.3) is 0 Å². The molecule has 0 bridgehead atoms. The molecule has 2 aromatic carbocycles. The summed E-state index contributed by atoms with van der Waals surface area (Å²) < 4.78 is 26.4. The van der Waals surface area contributed by atoms with E-state index < -0.39 is 16.1 Å². The predicted molar refractivity (Wildman–Crippen MR) is 91.9 cm³/mol. The summed E-state index contributed by atoms with van der Waals surface area (Å²) in [5, 5.41) is 2.84. The maximum atomic E-state index is 12.6. The lowest BCUT2D eigenvalue weighted by Gasteiger charge is -2.38. The molecular weight excluding hydrogens is 324 g/mol. The van der Waals surface area contributed by atoms with Gasteiger partial charge in [-0.2, -0.15) is 4.31 Å². The lowest BCUT2D eigenvalue weighted by molar-refractivity contribution is -0.127. The lowest BCUT2D eigenvalue weighted by atomic mass is 10.1. The first kappa shape index (κ1) is 16.7. The molecule has 0 saturated carbocycles. The molecule has 0 radical (unpaired) electrons. The number of sulfonamides is 1. The fourth-order valence-corrected chi connectivity index (χ4v) is 4.39. The molecule has 0 aliphatic carbocycles. The zero-order valence-corrected chi connectivity index (χ0v) is 14.1. The van der Waals surface area contributed by atoms with Gasteiger partial charge in [0.2, 0.25) is 15.9 Å². The van der Waals surface area contributed by atoms with Crippen molar-refractivity contribution < 1.29 is 13.2 Å². The molecule has 1 amide bonds. The Bertz CT molecular complexity index is 792. The first-order valence-electron chi connectivity index (χ1n) is 7.97. The fraction of sp³-hybridized carbons (Fsp3) is 0.278. The Morgan fingerprint density at radius 1 is 1.04 bits per heavy atom. The molecule has 1 atom stereocenters. The molecule has 2 aromatic rings. The molecule has 0 unspecified atom stereocenters. The minimum atomic E-state index is -3.60. The van der Waals surface area contributed by atoms with Crippen molar-refractivity contribution in [3.8, 4) is 0 Å². The zero-order chi connectivity index (χ0) is 17.0. The molecule has 0 spiro atoms. The number of nitrogens with zero attached hydrogens (tertiary/aromatic N) is 1. The van der Waals surface area contributed by atoms with Gasteiger partial charge >= 0.3 is 0 Å². The van der Waals surface area contributed by atoms with Gasteiger partial charge in [0.15, 0.2) is 0 Å². The van der Waals surface area contributed by atoms with Crippen molar-refractivity contribution in [2.24, 2.45) is 0 Å². The third-order valence-corrected chi connectivity index (χ3v) is 6.10. The number of rotatable bonds is 6. The molecule has 1 fully saturated rings. The van der Waals surface area contributed by atoms with Crippen LogP contribution >= 0.6 is 0 Å². The third kappa shape index (κ3) is 3.49.